The third-order valence-electron chi connectivity index (χ3n) is 6.79. The van der Waals surface area contributed by atoms with Crippen molar-refractivity contribution in [3.8, 4) is 0 Å². The summed E-state index contributed by atoms with van der Waals surface area (Å²) in [6.45, 7) is 9.61. The zero-order valence-corrected chi connectivity index (χ0v) is 21.4. The van der Waals surface area contributed by atoms with Crippen LogP contribution in [0.15, 0.2) is 10.6 Å². The molecule has 1 unspecified atom stereocenters. The number of nitrogens with zero attached hydrogens (tertiary/aromatic N) is 3. The minimum Gasteiger partial charge on any atom is -0.353 e. The van der Waals surface area contributed by atoms with Crippen LogP contribution >= 0.6 is 0 Å². The van der Waals surface area contributed by atoms with Crippen molar-refractivity contribution in [2.24, 2.45) is 0 Å². The molecule has 3 rings (SSSR count). The maximum atomic E-state index is 13.1. The van der Waals surface area contributed by atoms with Gasteiger partial charge in [-0.15, -0.1) is 0 Å². The van der Waals surface area contributed by atoms with E-state index < -0.39 is 21.0 Å². The monoisotopic (exact) mass is 486 g/mol. The number of nitrogens with one attached hydrogen (secondary N) is 1. The lowest BCUT2D eigenvalue weighted by atomic mass is 9.90. The van der Waals surface area contributed by atoms with E-state index in [1.54, 1.807) is 6.07 Å². The average Bonchev–Trinajstić information content (AvgIpc) is 3.42. The molecule has 0 radical (unpaired) electrons. The maximum Gasteiger partial charge on any atom is 0.246 e. The molecule has 0 aliphatic carbocycles. The molecule has 0 saturated carbocycles. The van der Waals surface area contributed by atoms with Crippen LogP contribution in [-0.2, 0) is 29.7 Å². The maximum absolute atomic E-state index is 13.1. The highest BCUT2D eigenvalue weighted by molar-refractivity contribution is 7.88. The van der Waals surface area contributed by atoms with Crippen molar-refractivity contribution in [1.82, 2.24) is 14.4 Å². The summed E-state index contributed by atoms with van der Waals surface area (Å²) in [6, 6.07) is 1.67. The first kappa shape index (κ1) is 26.1. The van der Waals surface area contributed by atoms with Crippen molar-refractivity contribution < 1.29 is 27.2 Å². The summed E-state index contributed by atoms with van der Waals surface area (Å²) in [6.07, 6.45) is 4.76. The second kappa shape index (κ2) is 9.99. The van der Waals surface area contributed by atoms with Crippen LogP contribution < -0.4 is 5.32 Å². The van der Waals surface area contributed by atoms with Crippen LogP contribution in [0, 0.1) is 0 Å². The van der Waals surface area contributed by atoms with Crippen molar-refractivity contribution >= 4 is 21.8 Å². The Morgan fingerprint density at radius 3 is 2.64 bits per heavy atom. The van der Waals surface area contributed by atoms with Crippen molar-refractivity contribution in [2.45, 2.75) is 76.7 Å². The number of ether oxygens (including phenoxy) is 2. The number of hydrogen-bond donors (Lipinski definition) is 1. The molecule has 10 nitrogen and oxygen atoms in total. The fourth-order valence-corrected chi connectivity index (χ4v) is 4.96. The fraction of sp³-hybridized carbons (Fsp3) is 0.818. The van der Waals surface area contributed by atoms with E-state index in [-0.39, 0.29) is 24.1 Å². The van der Waals surface area contributed by atoms with E-state index in [9.17, 15) is 13.2 Å². The molecule has 2 aliphatic heterocycles. The van der Waals surface area contributed by atoms with E-state index in [4.69, 9.17) is 14.0 Å². The Balaban J connectivity index is 1.58. The van der Waals surface area contributed by atoms with Crippen LogP contribution in [0.25, 0.3) is 0 Å². The van der Waals surface area contributed by atoms with E-state index in [2.05, 4.69) is 10.5 Å². The van der Waals surface area contributed by atoms with Gasteiger partial charge in [0.2, 0.25) is 21.8 Å². The highest BCUT2D eigenvalue weighted by Gasteiger charge is 2.41. The number of amides is 1. The summed E-state index contributed by atoms with van der Waals surface area (Å²) in [5, 5.41) is 6.97. The van der Waals surface area contributed by atoms with Gasteiger partial charge in [0.05, 0.1) is 24.1 Å². The van der Waals surface area contributed by atoms with Gasteiger partial charge in [-0.1, -0.05) is 19.0 Å². The zero-order chi connectivity index (χ0) is 24.4. The Hall–Kier alpha value is -1.53. The number of carbonyl (C=O) groups excluding carboxylic acids is 1. The number of sulfonamides is 1. The van der Waals surface area contributed by atoms with Crippen molar-refractivity contribution in [3.05, 3.63) is 11.8 Å². The van der Waals surface area contributed by atoms with Crippen molar-refractivity contribution in [3.63, 3.8) is 0 Å². The number of likely N-dealkylation sites (N-methyl/N-ethyl adjacent to an activating group) is 1. The minimum absolute atomic E-state index is 0.0520. The third kappa shape index (κ3) is 6.33. The summed E-state index contributed by atoms with van der Waals surface area (Å²) in [7, 11) is -1.40. The van der Waals surface area contributed by atoms with Crippen molar-refractivity contribution in [1.29, 1.82) is 0 Å². The lowest BCUT2D eigenvalue weighted by molar-refractivity contribution is -0.170. The predicted octanol–water partition coefficient (Wildman–Crippen LogP) is 2.18. The molecule has 33 heavy (non-hydrogen) atoms. The quantitative estimate of drug-likeness (QED) is 0.565. The molecule has 0 aromatic carbocycles. The van der Waals surface area contributed by atoms with Gasteiger partial charge in [0.25, 0.3) is 0 Å². The number of anilines is 1. The first-order valence-electron chi connectivity index (χ1n) is 11.5. The number of rotatable bonds is 9. The molecule has 188 valence electrons. The van der Waals surface area contributed by atoms with Crippen LogP contribution in [0.3, 0.4) is 0 Å². The van der Waals surface area contributed by atoms with Crippen molar-refractivity contribution in [2.75, 3.05) is 44.9 Å². The van der Waals surface area contributed by atoms with Gasteiger partial charge in [0.1, 0.15) is 0 Å². The molecule has 3 heterocycles. The summed E-state index contributed by atoms with van der Waals surface area (Å²) < 4.78 is 42.1. The largest absolute Gasteiger partial charge is 0.353 e. The second-order valence-corrected chi connectivity index (χ2v) is 12.2. The highest BCUT2D eigenvalue weighted by atomic mass is 32.2. The second-order valence-electron chi connectivity index (χ2n) is 10.3. The topological polar surface area (TPSA) is 114 Å². The summed E-state index contributed by atoms with van der Waals surface area (Å²) in [5.41, 5.74) is -0.625. The predicted molar refractivity (Wildman–Crippen MR) is 124 cm³/mol. The van der Waals surface area contributed by atoms with Crippen LogP contribution in [0.4, 0.5) is 5.88 Å². The van der Waals surface area contributed by atoms with Gasteiger partial charge < -0.3 is 14.0 Å². The van der Waals surface area contributed by atoms with Gasteiger partial charge in [0, 0.05) is 37.2 Å². The Morgan fingerprint density at radius 2 is 2.03 bits per heavy atom. The van der Waals surface area contributed by atoms with Gasteiger partial charge in [-0.2, -0.15) is 0 Å². The number of carbonyl (C=O) groups is 1. The van der Waals surface area contributed by atoms with Crippen LogP contribution in [0.2, 0.25) is 0 Å². The molecule has 2 atom stereocenters. The molecule has 1 amide bonds. The van der Waals surface area contributed by atoms with Gasteiger partial charge >= 0.3 is 0 Å². The van der Waals surface area contributed by atoms with Crippen LogP contribution in [0.1, 0.15) is 59.1 Å². The van der Waals surface area contributed by atoms with Gasteiger partial charge in [-0.3, -0.25) is 15.0 Å². The van der Waals surface area contributed by atoms with E-state index in [0.29, 0.717) is 31.8 Å². The molecule has 2 aliphatic rings. The molecular weight excluding hydrogens is 448 g/mol. The summed E-state index contributed by atoms with van der Waals surface area (Å²) in [4.78, 5) is 15.0. The first-order valence-corrected chi connectivity index (χ1v) is 13.4. The molecule has 1 N–H and O–H groups in total. The summed E-state index contributed by atoms with van der Waals surface area (Å²) >= 11 is 0. The molecule has 1 aromatic rings. The Kier molecular flexibility index (Phi) is 7.89. The van der Waals surface area contributed by atoms with E-state index in [0.717, 1.165) is 25.9 Å². The molecule has 0 spiro atoms. The third-order valence-corrected chi connectivity index (χ3v) is 8.06. The lowest BCUT2D eigenvalue weighted by Crippen LogP contribution is -2.55. The normalized spacial score (nSPS) is 23.2. The van der Waals surface area contributed by atoms with E-state index >= 15 is 0 Å². The molecule has 2 saturated heterocycles. The smallest absolute Gasteiger partial charge is 0.246 e. The lowest BCUT2D eigenvalue weighted by Gasteiger charge is -2.38. The SMILES string of the molecule is CN([C@H]1CCN(S(C)(=O)=O)C1)C(C)(C)C(=O)Nc1cc(C(C)(C)COC2CCCCO2)no1. The molecule has 1 aromatic heterocycles. The van der Waals surface area contributed by atoms with E-state index in [1.807, 2.05) is 39.6 Å². The van der Waals surface area contributed by atoms with Gasteiger partial charge in [-0.05, 0) is 46.6 Å². The minimum atomic E-state index is -3.24. The average molecular weight is 487 g/mol. The zero-order valence-electron chi connectivity index (χ0n) is 20.6. The van der Waals surface area contributed by atoms with E-state index in [1.165, 1.54) is 10.6 Å². The standard InChI is InChI=1S/C22H38N4O6S/c1-21(2,15-31-19-9-7-8-12-30-19)17-13-18(32-24-17)23-20(27)22(3,4)25(5)16-10-11-26(14-16)33(6,28)29/h13,16,19H,7-12,14-15H2,1-6H3,(H,23,27)/t16-,19?/m0/s1. The molecular formula is C22H38N4O6S. The fourth-order valence-electron chi connectivity index (χ4n) is 4.08. The first-order chi connectivity index (χ1) is 15.3. The molecule has 0 bridgehead atoms. The number of hydrogen-bond acceptors (Lipinski definition) is 8. The summed E-state index contributed by atoms with van der Waals surface area (Å²) in [5.74, 6) is 0.0119. The molecule has 11 heteroatoms. The van der Waals surface area contributed by atoms with Gasteiger partial charge in [-0.25, -0.2) is 12.7 Å². The van der Waals surface area contributed by atoms with Crippen LogP contribution in [0.5, 0.6) is 0 Å². The van der Waals surface area contributed by atoms with Gasteiger partial charge in [0.15, 0.2) is 6.29 Å². The number of aromatic nitrogens is 1. The van der Waals surface area contributed by atoms with Crippen LogP contribution in [-0.4, -0.2) is 86.2 Å². The Bertz CT molecular complexity index is 923. The Labute approximate surface area is 197 Å². The highest BCUT2D eigenvalue weighted by Crippen LogP contribution is 2.29. The molecule has 2 fully saturated rings. The Morgan fingerprint density at radius 1 is 1.30 bits per heavy atom.